The maximum atomic E-state index is 12.5. The van der Waals surface area contributed by atoms with Gasteiger partial charge >= 0.3 is 0 Å². The van der Waals surface area contributed by atoms with Crippen molar-refractivity contribution < 1.29 is 4.79 Å². The van der Waals surface area contributed by atoms with Crippen LogP contribution in [0, 0.1) is 5.92 Å². The Labute approximate surface area is 149 Å². The van der Waals surface area contributed by atoms with Gasteiger partial charge in [-0.3, -0.25) is 9.69 Å². The van der Waals surface area contributed by atoms with Crippen LogP contribution in [0.2, 0.25) is 0 Å². The summed E-state index contributed by atoms with van der Waals surface area (Å²) in [6, 6.07) is 12.3. The second kappa shape index (κ2) is 7.40. The maximum absolute atomic E-state index is 12.5. The lowest BCUT2D eigenvalue weighted by molar-refractivity contribution is -0.137. The summed E-state index contributed by atoms with van der Waals surface area (Å²) in [7, 11) is 0. The molecule has 0 spiro atoms. The first-order valence-electron chi connectivity index (χ1n) is 9.41. The summed E-state index contributed by atoms with van der Waals surface area (Å²) < 4.78 is 1.93. The van der Waals surface area contributed by atoms with Crippen molar-refractivity contribution in [3.05, 3.63) is 48.3 Å². The molecule has 1 saturated heterocycles. The maximum Gasteiger partial charge on any atom is 0.225 e. The average molecular weight is 338 g/mol. The van der Waals surface area contributed by atoms with E-state index in [0.717, 1.165) is 56.9 Å². The van der Waals surface area contributed by atoms with Gasteiger partial charge in [-0.25, -0.2) is 4.68 Å². The average Bonchev–Trinajstić information content (AvgIpc) is 3.35. The third kappa shape index (κ3) is 3.76. The van der Waals surface area contributed by atoms with Gasteiger partial charge < -0.3 is 4.90 Å². The fourth-order valence-corrected chi connectivity index (χ4v) is 3.96. The zero-order valence-electron chi connectivity index (χ0n) is 14.7. The van der Waals surface area contributed by atoms with E-state index in [1.807, 2.05) is 29.1 Å². The van der Waals surface area contributed by atoms with Gasteiger partial charge in [-0.2, -0.15) is 5.10 Å². The third-order valence-corrected chi connectivity index (χ3v) is 5.44. The molecule has 1 aromatic heterocycles. The molecule has 0 bridgehead atoms. The monoisotopic (exact) mass is 338 g/mol. The Hall–Kier alpha value is -2.14. The summed E-state index contributed by atoms with van der Waals surface area (Å²) in [4.78, 5) is 17.0. The summed E-state index contributed by atoms with van der Waals surface area (Å²) in [5.41, 5.74) is 2.17. The van der Waals surface area contributed by atoms with E-state index in [0.29, 0.717) is 11.8 Å². The smallest absolute Gasteiger partial charge is 0.225 e. The molecule has 0 N–H and O–H groups in total. The molecule has 2 heterocycles. The van der Waals surface area contributed by atoms with Gasteiger partial charge in [-0.1, -0.05) is 31.0 Å². The number of piperazine rings is 1. The highest BCUT2D eigenvalue weighted by Gasteiger charge is 2.29. The number of carbonyl (C=O) groups excluding carboxylic acids is 1. The van der Waals surface area contributed by atoms with E-state index < -0.39 is 0 Å². The molecule has 0 atom stereocenters. The summed E-state index contributed by atoms with van der Waals surface area (Å²) in [6.07, 6.45) is 6.65. The lowest BCUT2D eigenvalue weighted by atomic mass is 10.1. The number of carbonyl (C=O) groups is 1. The third-order valence-electron chi connectivity index (χ3n) is 5.44. The predicted octanol–water partition coefficient (Wildman–Crippen LogP) is 2.71. The van der Waals surface area contributed by atoms with Gasteiger partial charge in [-0.15, -0.1) is 0 Å². The quantitative estimate of drug-likeness (QED) is 0.861. The zero-order valence-corrected chi connectivity index (χ0v) is 14.7. The first-order valence-corrected chi connectivity index (χ1v) is 9.41. The number of nitrogens with zero attached hydrogens (tertiary/aromatic N) is 4. The standard InChI is InChI=1S/C20H26N4O/c25-20(17-6-4-5-7-17)23-14-12-22(13-15-23)16-18-10-11-24(21-18)19-8-2-1-3-9-19/h1-3,8-11,17H,4-7,12-16H2. The van der Waals surface area contributed by atoms with Crippen molar-refractivity contribution in [3.8, 4) is 5.69 Å². The van der Waals surface area contributed by atoms with Crippen molar-refractivity contribution in [3.63, 3.8) is 0 Å². The predicted molar refractivity (Wildman–Crippen MR) is 97.4 cm³/mol. The molecule has 25 heavy (non-hydrogen) atoms. The molecule has 1 aliphatic carbocycles. The molecular weight excluding hydrogens is 312 g/mol. The van der Waals surface area contributed by atoms with Gasteiger partial charge in [0.15, 0.2) is 0 Å². The van der Waals surface area contributed by atoms with Crippen molar-refractivity contribution in [1.82, 2.24) is 19.6 Å². The van der Waals surface area contributed by atoms with E-state index in [-0.39, 0.29) is 0 Å². The van der Waals surface area contributed by atoms with Gasteiger partial charge in [0.1, 0.15) is 0 Å². The number of benzene rings is 1. The largest absolute Gasteiger partial charge is 0.340 e. The van der Waals surface area contributed by atoms with Crippen molar-refractivity contribution in [2.75, 3.05) is 26.2 Å². The van der Waals surface area contributed by atoms with Crippen LogP contribution < -0.4 is 0 Å². The van der Waals surface area contributed by atoms with Gasteiger partial charge in [-0.05, 0) is 31.0 Å². The van der Waals surface area contributed by atoms with E-state index >= 15 is 0 Å². The molecule has 0 radical (unpaired) electrons. The number of hydrogen-bond acceptors (Lipinski definition) is 3. The van der Waals surface area contributed by atoms with Gasteiger partial charge in [0, 0.05) is 44.8 Å². The fraction of sp³-hybridized carbons (Fsp3) is 0.500. The number of rotatable bonds is 4. The normalized spacial score (nSPS) is 19.4. The molecule has 4 rings (SSSR count). The number of hydrogen-bond donors (Lipinski definition) is 0. The lowest BCUT2D eigenvalue weighted by Crippen LogP contribution is -2.49. The first kappa shape index (κ1) is 16.3. The summed E-state index contributed by atoms with van der Waals surface area (Å²) in [5, 5.41) is 4.69. The molecule has 2 aliphatic rings. The van der Waals surface area contributed by atoms with Crippen molar-refractivity contribution in [2.45, 2.75) is 32.2 Å². The second-order valence-corrected chi connectivity index (χ2v) is 7.17. The molecular formula is C20H26N4O. The second-order valence-electron chi connectivity index (χ2n) is 7.17. The molecule has 132 valence electrons. The highest BCUT2D eigenvalue weighted by atomic mass is 16.2. The Balaban J connectivity index is 1.30. The van der Waals surface area contributed by atoms with Gasteiger partial charge in [0.25, 0.3) is 0 Å². The zero-order chi connectivity index (χ0) is 17.1. The van der Waals surface area contributed by atoms with Crippen LogP contribution in [0.3, 0.4) is 0 Å². The van der Waals surface area contributed by atoms with Crippen molar-refractivity contribution >= 4 is 5.91 Å². The molecule has 0 unspecified atom stereocenters. The Morgan fingerprint density at radius 2 is 1.72 bits per heavy atom. The first-order chi connectivity index (χ1) is 12.3. The number of aromatic nitrogens is 2. The van der Waals surface area contributed by atoms with E-state index in [9.17, 15) is 4.79 Å². The van der Waals surface area contributed by atoms with Crippen molar-refractivity contribution in [2.24, 2.45) is 5.92 Å². The minimum Gasteiger partial charge on any atom is -0.340 e. The summed E-state index contributed by atoms with van der Waals surface area (Å²) in [5.74, 6) is 0.693. The molecule has 1 aliphatic heterocycles. The molecule has 2 fully saturated rings. The highest BCUT2D eigenvalue weighted by molar-refractivity contribution is 5.79. The topological polar surface area (TPSA) is 41.4 Å². The van der Waals surface area contributed by atoms with Crippen LogP contribution in [0.4, 0.5) is 0 Å². The van der Waals surface area contributed by atoms with Crippen LogP contribution in [0.15, 0.2) is 42.6 Å². The number of para-hydroxylation sites is 1. The summed E-state index contributed by atoms with van der Waals surface area (Å²) in [6.45, 7) is 4.45. The van der Waals surface area contributed by atoms with Gasteiger partial charge in [0.05, 0.1) is 11.4 Å². The minimum absolute atomic E-state index is 0.299. The Morgan fingerprint density at radius 3 is 2.44 bits per heavy atom. The Kier molecular flexibility index (Phi) is 4.83. The van der Waals surface area contributed by atoms with Crippen LogP contribution in [-0.2, 0) is 11.3 Å². The minimum atomic E-state index is 0.299. The van der Waals surface area contributed by atoms with E-state index in [4.69, 9.17) is 0 Å². The lowest BCUT2D eigenvalue weighted by Gasteiger charge is -2.35. The summed E-state index contributed by atoms with van der Waals surface area (Å²) >= 11 is 0. The molecule has 1 saturated carbocycles. The highest BCUT2D eigenvalue weighted by Crippen LogP contribution is 2.27. The molecule has 5 heteroatoms. The SMILES string of the molecule is O=C(C1CCCC1)N1CCN(Cc2ccn(-c3ccccc3)n2)CC1. The number of amides is 1. The molecule has 2 aromatic rings. The fourth-order valence-electron chi connectivity index (χ4n) is 3.96. The van der Waals surface area contributed by atoms with Gasteiger partial charge in [0.2, 0.25) is 5.91 Å². The van der Waals surface area contributed by atoms with Crippen LogP contribution in [0.1, 0.15) is 31.4 Å². The molecule has 5 nitrogen and oxygen atoms in total. The van der Waals surface area contributed by atoms with Crippen LogP contribution >= 0.6 is 0 Å². The Bertz CT molecular complexity index is 697. The molecule has 1 amide bonds. The van der Waals surface area contributed by atoms with Crippen LogP contribution in [0.25, 0.3) is 5.69 Å². The molecule has 1 aromatic carbocycles. The van der Waals surface area contributed by atoms with Crippen molar-refractivity contribution in [1.29, 1.82) is 0 Å². The Morgan fingerprint density at radius 1 is 1.00 bits per heavy atom. The van der Waals surface area contributed by atoms with Crippen LogP contribution in [-0.4, -0.2) is 51.7 Å². The van der Waals surface area contributed by atoms with Crippen LogP contribution in [0.5, 0.6) is 0 Å². The van der Waals surface area contributed by atoms with E-state index in [2.05, 4.69) is 33.1 Å². The van der Waals surface area contributed by atoms with E-state index in [1.54, 1.807) is 0 Å². The van der Waals surface area contributed by atoms with E-state index in [1.165, 1.54) is 12.8 Å².